The van der Waals surface area contributed by atoms with Crippen molar-refractivity contribution < 1.29 is 9.84 Å². The van der Waals surface area contributed by atoms with Crippen molar-refractivity contribution in [1.82, 2.24) is 9.97 Å². The van der Waals surface area contributed by atoms with Gasteiger partial charge < -0.3 is 20.5 Å². The highest BCUT2D eigenvalue weighted by molar-refractivity contribution is 5.69. The van der Waals surface area contributed by atoms with Crippen molar-refractivity contribution in [2.45, 2.75) is 25.9 Å². The second-order valence-corrected chi connectivity index (χ2v) is 7.65. The Hall–Kier alpha value is -3.47. The van der Waals surface area contributed by atoms with Crippen LogP contribution < -0.4 is 15.4 Å². The minimum absolute atomic E-state index is 0.132. The molecule has 158 valence electrons. The van der Waals surface area contributed by atoms with Crippen LogP contribution in [0.1, 0.15) is 35.8 Å². The van der Waals surface area contributed by atoms with E-state index >= 15 is 0 Å². The van der Waals surface area contributed by atoms with E-state index in [0.717, 1.165) is 30.2 Å². The van der Waals surface area contributed by atoms with Gasteiger partial charge >= 0.3 is 0 Å². The number of nitrogens with zero attached hydrogens (tertiary/aromatic N) is 4. The van der Waals surface area contributed by atoms with Crippen LogP contribution in [0.25, 0.3) is 11.3 Å². The fourth-order valence-corrected chi connectivity index (χ4v) is 3.70. The first-order valence-electron chi connectivity index (χ1n) is 10.4. The summed E-state index contributed by atoms with van der Waals surface area (Å²) in [5, 5.41) is 19.3. The summed E-state index contributed by atoms with van der Waals surface area (Å²) in [6.45, 7) is 4.07. The lowest BCUT2D eigenvalue weighted by molar-refractivity contribution is 0.186. The third-order valence-corrected chi connectivity index (χ3v) is 5.35. The van der Waals surface area contributed by atoms with Gasteiger partial charge in [0, 0.05) is 54.8 Å². The molecule has 0 saturated carbocycles. The van der Waals surface area contributed by atoms with Crippen LogP contribution >= 0.6 is 0 Å². The maximum atomic E-state index is 9.91. The number of ether oxygens (including phenoxy) is 1. The molecule has 3 aromatic rings. The van der Waals surface area contributed by atoms with Gasteiger partial charge in [-0.15, -0.1) is 0 Å². The fourth-order valence-electron chi connectivity index (χ4n) is 3.70. The van der Waals surface area contributed by atoms with Gasteiger partial charge in [0.2, 0.25) is 0 Å². The average Bonchev–Trinajstić information content (AvgIpc) is 3.33. The average molecular weight is 415 g/mol. The van der Waals surface area contributed by atoms with Crippen LogP contribution in [0.3, 0.4) is 0 Å². The number of aryl methyl sites for hydroxylation is 1. The van der Waals surface area contributed by atoms with E-state index in [0.29, 0.717) is 28.3 Å². The third kappa shape index (κ3) is 4.66. The standard InChI is InChI=1S/C24H25N5O2/c1-16-10-19(12-24(28-16)29-8-2-3-9-29)31-23-11-17(13-25)4-6-20(23)21-7-5-18(15-27-21)22(30)14-26/h4-7,10-12,15,22,30H,2-3,8-9,14,26H2,1H3. The molecule has 7 nitrogen and oxygen atoms in total. The lowest BCUT2D eigenvalue weighted by atomic mass is 10.1. The van der Waals surface area contributed by atoms with Crippen molar-refractivity contribution in [2.24, 2.45) is 5.73 Å². The Labute approximate surface area is 181 Å². The topological polar surface area (TPSA) is 108 Å². The molecule has 0 radical (unpaired) electrons. The summed E-state index contributed by atoms with van der Waals surface area (Å²) in [7, 11) is 0. The summed E-state index contributed by atoms with van der Waals surface area (Å²) in [4.78, 5) is 11.4. The molecule has 1 aliphatic rings. The van der Waals surface area contributed by atoms with E-state index in [1.54, 1.807) is 24.4 Å². The Kier molecular flexibility index (Phi) is 6.12. The van der Waals surface area contributed by atoms with Gasteiger partial charge in [-0.2, -0.15) is 5.26 Å². The normalized spacial score (nSPS) is 14.3. The molecule has 31 heavy (non-hydrogen) atoms. The molecule has 1 aliphatic heterocycles. The van der Waals surface area contributed by atoms with E-state index in [2.05, 4.69) is 20.9 Å². The van der Waals surface area contributed by atoms with Crippen LogP contribution in [0, 0.1) is 18.3 Å². The largest absolute Gasteiger partial charge is 0.456 e. The molecule has 1 atom stereocenters. The Balaban J connectivity index is 1.69. The molecule has 2 aromatic heterocycles. The maximum Gasteiger partial charge on any atom is 0.138 e. The first-order valence-corrected chi connectivity index (χ1v) is 10.4. The van der Waals surface area contributed by atoms with E-state index in [-0.39, 0.29) is 6.54 Å². The van der Waals surface area contributed by atoms with Crippen molar-refractivity contribution >= 4 is 5.82 Å². The molecule has 1 saturated heterocycles. The lowest BCUT2D eigenvalue weighted by Crippen LogP contribution is -2.19. The number of pyridine rings is 2. The molecule has 0 amide bonds. The molecule has 3 N–H and O–H groups in total. The Morgan fingerprint density at radius 3 is 2.68 bits per heavy atom. The van der Waals surface area contributed by atoms with Crippen LogP contribution in [-0.2, 0) is 0 Å². The number of benzene rings is 1. The van der Waals surface area contributed by atoms with E-state index in [4.69, 9.17) is 10.5 Å². The second-order valence-electron chi connectivity index (χ2n) is 7.65. The lowest BCUT2D eigenvalue weighted by Gasteiger charge is -2.18. The zero-order valence-corrected chi connectivity index (χ0v) is 17.5. The van der Waals surface area contributed by atoms with Gasteiger partial charge in [-0.25, -0.2) is 4.98 Å². The number of hydrogen-bond acceptors (Lipinski definition) is 7. The quantitative estimate of drug-likeness (QED) is 0.632. The van der Waals surface area contributed by atoms with Gasteiger partial charge in [-0.05, 0) is 44.0 Å². The molecular weight excluding hydrogens is 390 g/mol. The molecule has 0 spiro atoms. The van der Waals surface area contributed by atoms with Crippen LogP contribution in [0.5, 0.6) is 11.5 Å². The van der Waals surface area contributed by atoms with Gasteiger partial charge in [0.15, 0.2) is 0 Å². The van der Waals surface area contributed by atoms with Gasteiger partial charge in [0.1, 0.15) is 17.3 Å². The number of rotatable bonds is 6. The number of aliphatic hydroxyl groups is 1. The third-order valence-electron chi connectivity index (χ3n) is 5.35. The molecule has 1 fully saturated rings. The predicted octanol–water partition coefficient (Wildman–Crippen LogP) is 3.71. The summed E-state index contributed by atoms with van der Waals surface area (Å²) >= 11 is 0. The molecule has 4 rings (SSSR count). The Morgan fingerprint density at radius 2 is 2.00 bits per heavy atom. The summed E-state index contributed by atoms with van der Waals surface area (Å²) in [5.41, 5.74) is 8.99. The number of nitriles is 1. The molecule has 0 aliphatic carbocycles. The minimum atomic E-state index is -0.748. The number of hydrogen-bond donors (Lipinski definition) is 2. The Morgan fingerprint density at radius 1 is 1.19 bits per heavy atom. The second kappa shape index (κ2) is 9.13. The fraction of sp³-hybridized carbons (Fsp3) is 0.292. The zero-order chi connectivity index (χ0) is 21.8. The predicted molar refractivity (Wildman–Crippen MR) is 119 cm³/mol. The van der Waals surface area contributed by atoms with Gasteiger partial charge in [-0.3, -0.25) is 4.98 Å². The maximum absolute atomic E-state index is 9.91. The number of nitrogens with two attached hydrogens (primary N) is 1. The van der Waals surface area contributed by atoms with E-state index in [9.17, 15) is 10.4 Å². The monoisotopic (exact) mass is 415 g/mol. The highest BCUT2D eigenvalue weighted by Crippen LogP contribution is 2.35. The van der Waals surface area contributed by atoms with Crippen LogP contribution in [0.4, 0.5) is 5.82 Å². The summed E-state index contributed by atoms with van der Waals surface area (Å²) in [6, 6.07) is 14.9. The number of aromatic nitrogens is 2. The number of anilines is 1. The first-order chi connectivity index (χ1) is 15.1. The summed E-state index contributed by atoms with van der Waals surface area (Å²) in [6.07, 6.45) is 3.19. The van der Waals surface area contributed by atoms with Crippen molar-refractivity contribution in [2.75, 3.05) is 24.5 Å². The first kappa shape index (κ1) is 20.8. The Bertz CT molecular complexity index is 1100. The highest BCUT2D eigenvalue weighted by Gasteiger charge is 2.17. The van der Waals surface area contributed by atoms with Crippen LogP contribution in [-0.4, -0.2) is 34.7 Å². The van der Waals surface area contributed by atoms with Crippen molar-refractivity contribution in [1.29, 1.82) is 5.26 Å². The molecular formula is C24H25N5O2. The van der Waals surface area contributed by atoms with Crippen molar-refractivity contribution in [3.05, 3.63) is 65.5 Å². The van der Waals surface area contributed by atoms with Crippen LogP contribution in [0.15, 0.2) is 48.7 Å². The van der Waals surface area contributed by atoms with Gasteiger partial charge in [0.05, 0.1) is 23.4 Å². The molecule has 7 heteroatoms. The van der Waals surface area contributed by atoms with Crippen LogP contribution in [0.2, 0.25) is 0 Å². The SMILES string of the molecule is Cc1cc(Oc2cc(C#N)ccc2-c2ccc(C(O)CN)cn2)cc(N2CCCC2)n1. The van der Waals surface area contributed by atoms with Gasteiger partial charge in [-0.1, -0.05) is 6.07 Å². The number of aliphatic hydroxyl groups excluding tert-OH is 1. The molecule has 0 bridgehead atoms. The minimum Gasteiger partial charge on any atom is -0.456 e. The summed E-state index contributed by atoms with van der Waals surface area (Å²) < 4.78 is 6.26. The van der Waals surface area contributed by atoms with E-state index in [1.807, 2.05) is 31.2 Å². The molecule has 1 aromatic carbocycles. The zero-order valence-electron chi connectivity index (χ0n) is 17.5. The molecule has 1 unspecified atom stereocenters. The van der Waals surface area contributed by atoms with Gasteiger partial charge in [0.25, 0.3) is 0 Å². The van der Waals surface area contributed by atoms with Crippen molar-refractivity contribution in [3.63, 3.8) is 0 Å². The smallest absolute Gasteiger partial charge is 0.138 e. The van der Waals surface area contributed by atoms with E-state index in [1.165, 1.54) is 12.8 Å². The van der Waals surface area contributed by atoms with Crippen molar-refractivity contribution in [3.8, 4) is 28.8 Å². The van der Waals surface area contributed by atoms with E-state index < -0.39 is 6.10 Å². The molecule has 3 heterocycles. The highest BCUT2D eigenvalue weighted by atomic mass is 16.5. The summed E-state index contributed by atoms with van der Waals surface area (Å²) in [5.74, 6) is 2.11.